The smallest absolute Gasteiger partial charge is 0.344 e. The first-order chi connectivity index (χ1) is 15.5. The van der Waals surface area contributed by atoms with Gasteiger partial charge in [0.15, 0.2) is 6.61 Å². The molecule has 0 N–H and O–H groups in total. The van der Waals surface area contributed by atoms with Gasteiger partial charge in [0, 0.05) is 17.9 Å². The van der Waals surface area contributed by atoms with Crippen LogP contribution in [0.2, 0.25) is 0 Å². The van der Waals surface area contributed by atoms with E-state index < -0.39 is 5.97 Å². The number of amides is 1. The Morgan fingerprint density at radius 1 is 1.25 bits per heavy atom. The van der Waals surface area contributed by atoms with Crippen LogP contribution < -0.4 is 4.74 Å². The monoisotopic (exact) mass is 478 g/mol. The van der Waals surface area contributed by atoms with Crippen LogP contribution >= 0.6 is 23.5 Å². The molecular weight excluding hydrogens is 448 g/mol. The third kappa shape index (κ3) is 6.95. The van der Waals surface area contributed by atoms with E-state index in [0.29, 0.717) is 24.7 Å². The molecule has 3 rings (SSSR count). The maximum atomic E-state index is 12.5. The number of hydrogen-bond donors (Lipinski definition) is 0. The molecule has 1 aromatic heterocycles. The zero-order valence-electron chi connectivity index (χ0n) is 18.7. The molecule has 1 unspecified atom stereocenters. The van der Waals surface area contributed by atoms with E-state index in [-0.39, 0.29) is 17.9 Å². The summed E-state index contributed by atoms with van der Waals surface area (Å²) in [5.41, 5.74) is 0.900. The fourth-order valence-electron chi connectivity index (χ4n) is 3.34. The van der Waals surface area contributed by atoms with Gasteiger partial charge in [0.05, 0.1) is 24.7 Å². The summed E-state index contributed by atoms with van der Waals surface area (Å²) in [6.07, 6.45) is 0. The van der Waals surface area contributed by atoms with Crippen LogP contribution in [0.25, 0.3) is 0 Å². The SMILES string of the molecule is CCOC(=O)COc1ccccc1C1SCC(=O)N1CCSCc1ccc(CN(C)C)o1. The molecule has 1 aliphatic rings. The summed E-state index contributed by atoms with van der Waals surface area (Å²) in [6, 6.07) is 11.6. The van der Waals surface area contributed by atoms with E-state index in [2.05, 4.69) is 4.90 Å². The maximum absolute atomic E-state index is 12.5. The first kappa shape index (κ1) is 24.5. The number of hydrogen-bond acceptors (Lipinski definition) is 8. The summed E-state index contributed by atoms with van der Waals surface area (Å²) in [7, 11) is 4.02. The van der Waals surface area contributed by atoms with E-state index in [0.717, 1.165) is 35.1 Å². The van der Waals surface area contributed by atoms with Crippen LogP contribution in [0.4, 0.5) is 0 Å². The highest BCUT2D eigenvalue weighted by atomic mass is 32.2. The molecule has 2 heterocycles. The molecule has 174 valence electrons. The second-order valence-electron chi connectivity index (χ2n) is 7.54. The van der Waals surface area contributed by atoms with Crippen LogP contribution in [0.3, 0.4) is 0 Å². The molecule has 0 radical (unpaired) electrons. The standard InChI is InChI=1S/C23H30N2O5S2/c1-4-28-22(27)14-29-20-8-6-5-7-19(20)23-25(21(26)16-32-23)11-12-31-15-18-10-9-17(30-18)13-24(2)3/h5-10,23H,4,11-16H2,1-3H3. The highest BCUT2D eigenvalue weighted by Crippen LogP contribution is 2.42. The summed E-state index contributed by atoms with van der Waals surface area (Å²) in [5, 5.41) is -0.128. The van der Waals surface area contributed by atoms with Gasteiger partial charge in [0.1, 0.15) is 22.6 Å². The minimum Gasteiger partial charge on any atom is -0.482 e. The van der Waals surface area contributed by atoms with Crippen molar-refractivity contribution in [3.8, 4) is 5.75 Å². The molecule has 0 saturated carbocycles. The first-order valence-electron chi connectivity index (χ1n) is 10.6. The second-order valence-corrected chi connectivity index (χ2v) is 9.71. The Labute approximate surface area is 197 Å². The van der Waals surface area contributed by atoms with Crippen molar-refractivity contribution in [3.63, 3.8) is 0 Å². The van der Waals surface area contributed by atoms with Gasteiger partial charge in [-0.2, -0.15) is 11.8 Å². The number of rotatable bonds is 12. The Morgan fingerprint density at radius 2 is 2.03 bits per heavy atom. The Kier molecular flexibility index (Phi) is 9.37. The third-order valence-corrected chi connectivity index (χ3v) is 6.91. The van der Waals surface area contributed by atoms with Gasteiger partial charge >= 0.3 is 5.97 Å². The first-order valence-corrected chi connectivity index (χ1v) is 12.8. The topological polar surface area (TPSA) is 72.2 Å². The fourth-order valence-corrected chi connectivity index (χ4v) is 5.41. The number of carbonyl (C=O) groups excluding carboxylic acids is 2. The predicted molar refractivity (Wildman–Crippen MR) is 128 cm³/mol. The van der Waals surface area contributed by atoms with Gasteiger partial charge in [-0.3, -0.25) is 4.79 Å². The minimum absolute atomic E-state index is 0.118. The number of para-hydroxylation sites is 1. The van der Waals surface area contributed by atoms with Gasteiger partial charge in [0.2, 0.25) is 5.91 Å². The summed E-state index contributed by atoms with van der Waals surface area (Å²) in [5.74, 6) is 4.23. The summed E-state index contributed by atoms with van der Waals surface area (Å²) >= 11 is 3.33. The number of ether oxygens (including phenoxy) is 2. The third-order valence-electron chi connectivity index (χ3n) is 4.71. The molecule has 1 aromatic carbocycles. The van der Waals surface area contributed by atoms with Crippen molar-refractivity contribution in [3.05, 3.63) is 53.5 Å². The van der Waals surface area contributed by atoms with Crippen molar-refractivity contribution >= 4 is 35.4 Å². The van der Waals surface area contributed by atoms with Crippen LogP contribution in [-0.2, 0) is 26.6 Å². The van der Waals surface area contributed by atoms with Gasteiger partial charge in [-0.15, -0.1) is 11.8 Å². The lowest BCUT2D eigenvalue weighted by Gasteiger charge is -2.25. The van der Waals surface area contributed by atoms with Gasteiger partial charge in [0.25, 0.3) is 0 Å². The van der Waals surface area contributed by atoms with Crippen LogP contribution in [0, 0.1) is 0 Å². The van der Waals surface area contributed by atoms with Crippen molar-refractivity contribution in [1.29, 1.82) is 0 Å². The van der Waals surface area contributed by atoms with Crippen molar-refractivity contribution < 1.29 is 23.5 Å². The quantitative estimate of drug-likeness (QED) is 0.337. The van der Waals surface area contributed by atoms with Gasteiger partial charge < -0.3 is 23.7 Å². The van der Waals surface area contributed by atoms with Crippen molar-refractivity contribution in [2.75, 3.05) is 45.4 Å². The van der Waals surface area contributed by atoms with Gasteiger partial charge in [-0.05, 0) is 39.2 Å². The molecule has 1 saturated heterocycles. The van der Waals surface area contributed by atoms with Crippen molar-refractivity contribution in [2.45, 2.75) is 24.6 Å². The lowest BCUT2D eigenvalue weighted by molar-refractivity contribution is -0.145. The Morgan fingerprint density at radius 3 is 2.81 bits per heavy atom. The molecule has 1 fully saturated rings. The molecule has 9 heteroatoms. The summed E-state index contributed by atoms with van der Waals surface area (Å²) < 4.78 is 16.5. The lowest BCUT2D eigenvalue weighted by atomic mass is 10.2. The molecule has 2 aromatic rings. The molecule has 1 amide bonds. The highest BCUT2D eigenvalue weighted by Gasteiger charge is 2.34. The second kappa shape index (κ2) is 12.2. The van der Waals surface area contributed by atoms with Crippen LogP contribution in [-0.4, -0.2) is 67.0 Å². The molecule has 1 atom stereocenters. The van der Waals surface area contributed by atoms with E-state index in [1.54, 1.807) is 30.4 Å². The average Bonchev–Trinajstić information content (AvgIpc) is 3.36. The van der Waals surface area contributed by atoms with Crippen LogP contribution in [0.1, 0.15) is 29.4 Å². The van der Waals surface area contributed by atoms with Crippen molar-refractivity contribution in [1.82, 2.24) is 9.80 Å². The number of benzene rings is 1. The number of thioether (sulfide) groups is 2. The van der Waals surface area contributed by atoms with Gasteiger partial charge in [-0.25, -0.2) is 4.79 Å². The molecular formula is C23H30N2O5S2. The predicted octanol–water partition coefficient (Wildman–Crippen LogP) is 3.79. The van der Waals surface area contributed by atoms with Gasteiger partial charge in [-0.1, -0.05) is 18.2 Å². The maximum Gasteiger partial charge on any atom is 0.344 e. The van der Waals surface area contributed by atoms with E-state index in [4.69, 9.17) is 13.9 Å². The Hall–Kier alpha value is -2.10. The molecule has 32 heavy (non-hydrogen) atoms. The zero-order valence-corrected chi connectivity index (χ0v) is 20.4. The number of furan rings is 1. The number of carbonyl (C=O) groups is 2. The lowest BCUT2D eigenvalue weighted by Crippen LogP contribution is -2.30. The van der Waals surface area contributed by atoms with E-state index >= 15 is 0 Å². The molecule has 0 spiro atoms. The fraction of sp³-hybridized carbons (Fsp3) is 0.478. The number of esters is 1. The van der Waals surface area contributed by atoms with Crippen LogP contribution in [0.15, 0.2) is 40.8 Å². The number of nitrogens with zero attached hydrogens (tertiary/aromatic N) is 2. The normalized spacial score (nSPS) is 16.1. The molecule has 1 aliphatic heterocycles. The van der Waals surface area contributed by atoms with E-state index in [1.165, 1.54) is 0 Å². The average molecular weight is 479 g/mol. The van der Waals surface area contributed by atoms with Crippen LogP contribution in [0.5, 0.6) is 5.75 Å². The minimum atomic E-state index is -0.405. The highest BCUT2D eigenvalue weighted by molar-refractivity contribution is 8.00. The van der Waals surface area contributed by atoms with E-state index in [9.17, 15) is 9.59 Å². The molecule has 0 aliphatic carbocycles. The Balaban J connectivity index is 1.55. The Bertz CT molecular complexity index is 902. The summed E-state index contributed by atoms with van der Waals surface area (Å²) in [6.45, 7) is 3.35. The molecule has 0 bridgehead atoms. The largest absolute Gasteiger partial charge is 0.482 e. The van der Waals surface area contributed by atoms with Crippen molar-refractivity contribution in [2.24, 2.45) is 0 Å². The van der Waals surface area contributed by atoms with E-state index in [1.807, 2.05) is 55.4 Å². The summed E-state index contributed by atoms with van der Waals surface area (Å²) in [4.78, 5) is 28.2. The zero-order chi connectivity index (χ0) is 22.9. The molecule has 7 nitrogen and oxygen atoms in total.